The standard InChI is InChI=1S/C19H13ClN2O5/c1-10-2-4-12(8-14(10)20)22-18(24)13(17(23)21-19(22)25)6-11-3-5-15-16(7-11)27-9-26-15/h2-8H,9H2,1H3,(H,21,23,25)/b13-6-. The summed E-state index contributed by atoms with van der Waals surface area (Å²) in [6.07, 6.45) is 1.40. The number of nitrogens with zero attached hydrogens (tertiary/aromatic N) is 1. The van der Waals surface area contributed by atoms with Crippen molar-refractivity contribution in [2.24, 2.45) is 0 Å². The zero-order chi connectivity index (χ0) is 19.1. The number of barbiturate groups is 1. The van der Waals surface area contributed by atoms with E-state index in [2.05, 4.69) is 5.32 Å². The maximum absolute atomic E-state index is 12.9. The molecule has 0 radical (unpaired) electrons. The molecule has 0 aromatic heterocycles. The second-order valence-electron chi connectivity index (χ2n) is 6.00. The van der Waals surface area contributed by atoms with Gasteiger partial charge in [0.15, 0.2) is 11.5 Å². The molecule has 7 nitrogen and oxygen atoms in total. The number of rotatable bonds is 2. The fourth-order valence-corrected chi connectivity index (χ4v) is 2.96. The molecule has 4 amide bonds. The summed E-state index contributed by atoms with van der Waals surface area (Å²) >= 11 is 6.10. The predicted molar refractivity (Wildman–Crippen MR) is 97.8 cm³/mol. The first-order chi connectivity index (χ1) is 12.9. The van der Waals surface area contributed by atoms with Gasteiger partial charge in [-0.1, -0.05) is 23.7 Å². The topological polar surface area (TPSA) is 84.9 Å². The summed E-state index contributed by atoms with van der Waals surface area (Å²) in [6.45, 7) is 1.92. The molecule has 2 aromatic rings. The Morgan fingerprint density at radius 3 is 2.63 bits per heavy atom. The minimum Gasteiger partial charge on any atom is -0.454 e. The van der Waals surface area contributed by atoms with Crippen molar-refractivity contribution in [3.8, 4) is 11.5 Å². The lowest BCUT2D eigenvalue weighted by atomic mass is 10.1. The first-order valence-electron chi connectivity index (χ1n) is 8.01. The molecule has 27 heavy (non-hydrogen) atoms. The highest BCUT2D eigenvalue weighted by Gasteiger charge is 2.37. The number of hydrogen-bond donors (Lipinski definition) is 1. The van der Waals surface area contributed by atoms with Crippen LogP contribution in [0.3, 0.4) is 0 Å². The number of fused-ring (bicyclic) bond motifs is 1. The van der Waals surface area contributed by atoms with E-state index in [1.54, 1.807) is 37.3 Å². The second kappa shape index (κ2) is 6.44. The fraction of sp³-hybridized carbons (Fsp3) is 0.105. The van der Waals surface area contributed by atoms with Crippen molar-refractivity contribution in [1.82, 2.24) is 5.32 Å². The molecule has 1 N–H and O–H groups in total. The van der Waals surface area contributed by atoms with Gasteiger partial charge in [0.25, 0.3) is 11.8 Å². The Labute approximate surface area is 159 Å². The van der Waals surface area contributed by atoms with Crippen molar-refractivity contribution in [1.29, 1.82) is 0 Å². The zero-order valence-electron chi connectivity index (χ0n) is 14.1. The van der Waals surface area contributed by atoms with Crippen molar-refractivity contribution in [3.63, 3.8) is 0 Å². The Hall–Kier alpha value is -3.32. The minimum atomic E-state index is -0.826. The molecule has 0 saturated carbocycles. The van der Waals surface area contributed by atoms with Gasteiger partial charge >= 0.3 is 6.03 Å². The van der Waals surface area contributed by atoms with Crippen molar-refractivity contribution in [2.75, 3.05) is 11.7 Å². The maximum Gasteiger partial charge on any atom is 0.335 e. The minimum absolute atomic E-state index is 0.116. The molecule has 4 rings (SSSR count). The van der Waals surface area contributed by atoms with Gasteiger partial charge in [0, 0.05) is 5.02 Å². The number of amides is 4. The Bertz CT molecular complexity index is 1030. The van der Waals surface area contributed by atoms with Gasteiger partial charge < -0.3 is 9.47 Å². The lowest BCUT2D eigenvalue weighted by Crippen LogP contribution is -2.54. The first-order valence-corrected chi connectivity index (χ1v) is 8.39. The van der Waals surface area contributed by atoms with Crippen molar-refractivity contribution in [2.45, 2.75) is 6.92 Å². The van der Waals surface area contributed by atoms with E-state index in [0.717, 1.165) is 10.5 Å². The molecule has 0 bridgehead atoms. The maximum atomic E-state index is 12.9. The number of urea groups is 1. The van der Waals surface area contributed by atoms with Crippen LogP contribution in [-0.2, 0) is 9.59 Å². The lowest BCUT2D eigenvalue weighted by Gasteiger charge is -2.26. The fourth-order valence-electron chi connectivity index (χ4n) is 2.78. The highest BCUT2D eigenvalue weighted by molar-refractivity contribution is 6.39. The van der Waals surface area contributed by atoms with E-state index in [-0.39, 0.29) is 18.1 Å². The molecule has 1 saturated heterocycles. The van der Waals surface area contributed by atoms with Gasteiger partial charge in [0.1, 0.15) is 5.57 Å². The van der Waals surface area contributed by atoms with E-state index in [9.17, 15) is 14.4 Å². The number of imide groups is 2. The number of benzene rings is 2. The lowest BCUT2D eigenvalue weighted by molar-refractivity contribution is -0.122. The number of carbonyl (C=O) groups is 3. The van der Waals surface area contributed by atoms with Crippen LogP contribution in [0.4, 0.5) is 10.5 Å². The van der Waals surface area contributed by atoms with Crippen LogP contribution in [0.15, 0.2) is 42.0 Å². The molecule has 0 aliphatic carbocycles. The number of anilines is 1. The average Bonchev–Trinajstić information content (AvgIpc) is 3.09. The average molecular weight is 385 g/mol. The molecule has 2 aromatic carbocycles. The quantitative estimate of drug-likeness (QED) is 0.635. The Morgan fingerprint density at radius 1 is 1.07 bits per heavy atom. The SMILES string of the molecule is Cc1ccc(N2C(=O)NC(=O)/C(=C/c3ccc4c(c3)OCO4)C2=O)cc1Cl. The van der Waals surface area contributed by atoms with Gasteiger partial charge in [-0.3, -0.25) is 14.9 Å². The molecule has 0 spiro atoms. The van der Waals surface area contributed by atoms with E-state index in [4.69, 9.17) is 21.1 Å². The summed E-state index contributed by atoms with van der Waals surface area (Å²) in [6, 6.07) is 8.98. The number of nitrogens with one attached hydrogen (secondary N) is 1. The Kier molecular flexibility index (Phi) is 4.08. The Morgan fingerprint density at radius 2 is 1.85 bits per heavy atom. The van der Waals surface area contributed by atoms with Crippen LogP contribution in [0.1, 0.15) is 11.1 Å². The zero-order valence-corrected chi connectivity index (χ0v) is 14.9. The van der Waals surface area contributed by atoms with Gasteiger partial charge in [-0.15, -0.1) is 0 Å². The van der Waals surface area contributed by atoms with Crippen molar-refractivity contribution < 1.29 is 23.9 Å². The van der Waals surface area contributed by atoms with Crippen LogP contribution in [0, 0.1) is 6.92 Å². The van der Waals surface area contributed by atoms with Crippen LogP contribution in [-0.4, -0.2) is 24.6 Å². The van der Waals surface area contributed by atoms with E-state index >= 15 is 0 Å². The van der Waals surface area contributed by atoms with E-state index in [1.807, 2.05) is 0 Å². The molecule has 0 atom stereocenters. The molecule has 0 unspecified atom stereocenters. The van der Waals surface area contributed by atoms with Gasteiger partial charge in [-0.2, -0.15) is 0 Å². The highest BCUT2D eigenvalue weighted by Crippen LogP contribution is 2.33. The monoisotopic (exact) mass is 384 g/mol. The molecule has 2 heterocycles. The predicted octanol–water partition coefficient (Wildman–Crippen LogP) is 3.04. The summed E-state index contributed by atoms with van der Waals surface area (Å²) in [7, 11) is 0. The third kappa shape index (κ3) is 3.02. The van der Waals surface area contributed by atoms with E-state index in [1.165, 1.54) is 12.1 Å². The summed E-state index contributed by atoms with van der Waals surface area (Å²) in [4.78, 5) is 38.2. The van der Waals surface area contributed by atoms with Gasteiger partial charge in [0.2, 0.25) is 6.79 Å². The number of carbonyl (C=O) groups excluding carboxylic acids is 3. The number of hydrogen-bond acceptors (Lipinski definition) is 5. The molecule has 1 fully saturated rings. The number of halogens is 1. The summed E-state index contributed by atoms with van der Waals surface area (Å²) < 4.78 is 10.5. The summed E-state index contributed by atoms with van der Waals surface area (Å²) in [5, 5.41) is 2.58. The first kappa shape index (κ1) is 17.1. The number of aryl methyl sites for hydroxylation is 1. The molecule has 136 valence electrons. The molecule has 2 aliphatic heterocycles. The van der Waals surface area contributed by atoms with Gasteiger partial charge in [0.05, 0.1) is 5.69 Å². The normalized spacial score (nSPS) is 17.5. The van der Waals surface area contributed by atoms with Crippen LogP contribution in [0.25, 0.3) is 6.08 Å². The second-order valence-corrected chi connectivity index (χ2v) is 6.41. The third-order valence-corrected chi connectivity index (χ3v) is 4.63. The molecule has 8 heteroatoms. The smallest absolute Gasteiger partial charge is 0.335 e. The van der Waals surface area contributed by atoms with Gasteiger partial charge in [-0.25, -0.2) is 9.69 Å². The largest absolute Gasteiger partial charge is 0.454 e. The molecular formula is C19H13ClN2O5. The highest BCUT2D eigenvalue weighted by atomic mass is 35.5. The Balaban J connectivity index is 1.72. The van der Waals surface area contributed by atoms with E-state index < -0.39 is 17.8 Å². The molecular weight excluding hydrogens is 372 g/mol. The van der Waals surface area contributed by atoms with Crippen molar-refractivity contribution >= 4 is 41.2 Å². The number of ether oxygens (including phenoxy) is 2. The van der Waals surface area contributed by atoms with Crippen LogP contribution < -0.4 is 19.7 Å². The van der Waals surface area contributed by atoms with E-state index in [0.29, 0.717) is 22.1 Å². The third-order valence-electron chi connectivity index (χ3n) is 4.22. The van der Waals surface area contributed by atoms with Crippen LogP contribution in [0.2, 0.25) is 5.02 Å². The van der Waals surface area contributed by atoms with Crippen LogP contribution in [0.5, 0.6) is 11.5 Å². The summed E-state index contributed by atoms with van der Waals surface area (Å²) in [5.41, 5.74) is 1.47. The summed E-state index contributed by atoms with van der Waals surface area (Å²) in [5.74, 6) is -0.396. The van der Waals surface area contributed by atoms with Crippen molar-refractivity contribution in [3.05, 3.63) is 58.1 Å². The van der Waals surface area contributed by atoms with Crippen LogP contribution >= 0.6 is 11.6 Å². The van der Waals surface area contributed by atoms with Gasteiger partial charge in [-0.05, 0) is 48.4 Å². The molecule has 2 aliphatic rings.